The summed E-state index contributed by atoms with van der Waals surface area (Å²) in [4.78, 5) is 36.6. The Balaban J connectivity index is 1.37. The molecule has 0 unspecified atom stereocenters. The Labute approximate surface area is 211 Å². The molecule has 36 heavy (non-hydrogen) atoms. The predicted molar refractivity (Wildman–Crippen MR) is 142 cm³/mol. The minimum Gasteiger partial charge on any atom is -0.385 e. The smallest absolute Gasteiger partial charge is 0.251 e. The average molecular weight is 489 g/mol. The van der Waals surface area contributed by atoms with Crippen molar-refractivity contribution in [2.45, 2.75) is 19.3 Å². The molecular weight excluding hydrogens is 456 g/mol. The molecule has 3 rings (SSSR count). The molecule has 0 saturated heterocycles. The van der Waals surface area contributed by atoms with Crippen molar-refractivity contribution in [2.24, 2.45) is 0 Å². The van der Waals surface area contributed by atoms with Gasteiger partial charge in [-0.15, -0.1) is 0 Å². The SMILES string of the molecule is COCCCNC(=O)c1ccc(NC(=O)CNc2ccc(NC(=O)CCc3ccccc3)cc2)cc1. The summed E-state index contributed by atoms with van der Waals surface area (Å²) in [5, 5.41) is 11.6. The molecule has 0 aliphatic rings. The molecule has 188 valence electrons. The largest absolute Gasteiger partial charge is 0.385 e. The van der Waals surface area contributed by atoms with Gasteiger partial charge in [-0.3, -0.25) is 14.4 Å². The van der Waals surface area contributed by atoms with Crippen LogP contribution in [-0.2, 0) is 20.7 Å². The Kier molecular flexibility index (Phi) is 10.5. The Morgan fingerprint density at radius 1 is 0.750 bits per heavy atom. The number of hydrogen-bond donors (Lipinski definition) is 4. The first kappa shape index (κ1) is 26.4. The van der Waals surface area contributed by atoms with E-state index in [4.69, 9.17) is 4.74 Å². The molecule has 0 heterocycles. The molecule has 0 radical (unpaired) electrons. The van der Waals surface area contributed by atoms with Crippen molar-refractivity contribution in [2.75, 3.05) is 42.8 Å². The molecule has 0 atom stereocenters. The van der Waals surface area contributed by atoms with Crippen LogP contribution in [-0.4, -0.2) is 44.5 Å². The summed E-state index contributed by atoms with van der Waals surface area (Å²) < 4.78 is 4.96. The number of anilines is 3. The number of rotatable bonds is 13. The third-order valence-electron chi connectivity index (χ3n) is 5.35. The summed E-state index contributed by atoms with van der Waals surface area (Å²) in [5.41, 5.74) is 3.71. The van der Waals surface area contributed by atoms with Gasteiger partial charge in [-0.05, 0) is 66.9 Å². The molecule has 3 aromatic rings. The number of amides is 3. The lowest BCUT2D eigenvalue weighted by molar-refractivity contribution is -0.116. The fraction of sp³-hybridized carbons (Fsp3) is 0.250. The highest BCUT2D eigenvalue weighted by Crippen LogP contribution is 2.15. The van der Waals surface area contributed by atoms with Crippen LogP contribution in [0.2, 0.25) is 0 Å². The fourth-order valence-corrected chi connectivity index (χ4v) is 3.41. The molecule has 0 aliphatic carbocycles. The second-order valence-electron chi connectivity index (χ2n) is 8.19. The number of nitrogens with one attached hydrogen (secondary N) is 4. The number of methoxy groups -OCH3 is 1. The quantitative estimate of drug-likeness (QED) is 0.271. The van der Waals surface area contributed by atoms with Gasteiger partial charge in [-0.1, -0.05) is 30.3 Å². The summed E-state index contributed by atoms with van der Waals surface area (Å²) in [7, 11) is 1.62. The highest BCUT2D eigenvalue weighted by atomic mass is 16.5. The first-order valence-corrected chi connectivity index (χ1v) is 11.9. The van der Waals surface area contributed by atoms with Crippen LogP contribution in [0.5, 0.6) is 0 Å². The number of carbonyl (C=O) groups is 3. The number of aryl methyl sites for hydroxylation is 1. The van der Waals surface area contributed by atoms with Gasteiger partial charge in [0.1, 0.15) is 0 Å². The third-order valence-corrected chi connectivity index (χ3v) is 5.35. The van der Waals surface area contributed by atoms with Gasteiger partial charge in [0.2, 0.25) is 11.8 Å². The topological polar surface area (TPSA) is 109 Å². The van der Waals surface area contributed by atoms with Crippen molar-refractivity contribution in [3.05, 3.63) is 90.0 Å². The lowest BCUT2D eigenvalue weighted by Gasteiger charge is -2.10. The van der Waals surface area contributed by atoms with E-state index in [0.29, 0.717) is 42.9 Å². The molecule has 8 heteroatoms. The summed E-state index contributed by atoms with van der Waals surface area (Å²) >= 11 is 0. The zero-order valence-electron chi connectivity index (χ0n) is 20.4. The van der Waals surface area contributed by atoms with Crippen LogP contribution < -0.4 is 21.3 Å². The maximum Gasteiger partial charge on any atom is 0.251 e. The second kappa shape index (κ2) is 14.3. The van der Waals surface area contributed by atoms with Gasteiger partial charge in [0.05, 0.1) is 6.54 Å². The van der Waals surface area contributed by atoms with E-state index in [2.05, 4.69) is 21.3 Å². The van der Waals surface area contributed by atoms with Crippen molar-refractivity contribution in [3.8, 4) is 0 Å². The van der Waals surface area contributed by atoms with E-state index >= 15 is 0 Å². The van der Waals surface area contributed by atoms with Crippen LogP contribution >= 0.6 is 0 Å². The Morgan fingerprint density at radius 3 is 2.03 bits per heavy atom. The van der Waals surface area contributed by atoms with Crippen LogP contribution in [0.25, 0.3) is 0 Å². The van der Waals surface area contributed by atoms with Crippen LogP contribution in [0.3, 0.4) is 0 Å². The number of hydrogen-bond acceptors (Lipinski definition) is 5. The molecule has 0 aromatic heterocycles. The lowest BCUT2D eigenvalue weighted by Crippen LogP contribution is -2.25. The molecule has 0 aliphatic heterocycles. The van der Waals surface area contributed by atoms with E-state index in [0.717, 1.165) is 17.7 Å². The molecule has 3 amide bonds. The van der Waals surface area contributed by atoms with Crippen LogP contribution in [0.15, 0.2) is 78.9 Å². The summed E-state index contributed by atoms with van der Waals surface area (Å²) in [6.07, 6.45) is 1.84. The van der Waals surface area contributed by atoms with Gasteiger partial charge in [0.25, 0.3) is 5.91 Å². The van der Waals surface area contributed by atoms with Crippen LogP contribution in [0.4, 0.5) is 17.1 Å². The second-order valence-corrected chi connectivity index (χ2v) is 8.19. The minimum absolute atomic E-state index is 0.0477. The van der Waals surface area contributed by atoms with E-state index in [-0.39, 0.29) is 24.3 Å². The number of benzene rings is 3. The first-order valence-electron chi connectivity index (χ1n) is 11.9. The molecule has 4 N–H and O–H groups in total. The van der Waals surface area contributed by atoms with Crippen LogP contribution in [0.1, 0.15) is 28.8 Å². The maximum absolute atomic E-state index is 12.3. The van der Waals surface area contributed by atoms with Crippen molar-refractivity contribution in [1.29, 1.82) is 0 Å². The molecule has 0 saturated carbocycles. The van der Waals surface area contributed by atoms with Crippen molar-refractivity contribution in [1.82, 2.24) is 5.32 Å². The summed E-state index contributed by atoms with van der Waals surface area (Å²) in [5.74, 6) is -0.430. The average Bonchev–Trinajstić information content (AvgIpc) is 2.90. The Bertz CT molecular complexity index is 1120. The number of ether oxygens (including phenoxy) is 1. The molecule has 8 nitrogen and oxygen atoms in total. The zero-order valence-corrected chi connectivity index (χ0v) is 20.4. The van der Waals surface area contributed by atoms with Gasteiger partial charge < -0.3 is 26.0 Å². The molecule has 0 spiro atoms. The van der Waals surface area contributed by atoms with Gasteiger partial charge in [-0.25, -0.2) is 0 Å². The Morgan fingerprint density at radius 2 is 1.36 bits per heavy atom. The molecular formula is C28H32N4O4. The number of carbonyl (C=O) groups excluding carboxylic acids is 3. The van der Waals surface area contributed by atoms with Gasteiger partial charge in [0, 0.05) is 49.3 Å². The summed E-state index contributed by atoms with van der Waals surface area (Å²) in [6.45, 7) is 1.21. The van der Waals surface area contributed by atoms with E-state index in [1.165, 1.54) is 0 Å². The molecule has 3 aromatic carbocycles. The standard InChI is InChI=1S/C28H32N4O4/c1-36-19-5-18-29-28(35)22-9-11-24(12-10-22)32-27(34)20-30-23-13-15-25(16-14-23)31-26(33)17-8-21-6-3-2-4-7-21/h2-4,6-7,9-16,30H,5,8,17-20H2,1H3,(H,29,35)(H,31,33)(H,32,34). The van der Waals surface area contributed by atoms with Crippen molar-refractivity contribution >= 4 is 34.8 Å². The van der Waals surface area contributed by atoms with Crippen molar-refractivity contribution in [3.63, 3.8) is 0 Å². The summed E-state index contributed by atoms with van der Waals surface area (Å²) in [6, 6.07) is 23.8. The first-order chi connectivity index (χ1) is 17.5. The van der Waals surface area contributed by atoms with Gasteiger partial charge in [-0.2, -0.15) is 0 Å². The van der Waals surface area contributed by atoms with Crippen LogP contribution in [0, 0.1) is 0 Å². The van der Waals surface area contributed by atoms with E-state index in [1.807, 2.05) is 30.3 Å². The van der Waals surface area contributed by atoms with Gasteiger partial charge in [0.15, 0.2) is 0 Å². The highest BCUT2D eigenvalue weighted by Gasteiger charge is 2.07. The normalized spacial score (nSPS) is 10.4. The third kappa shape index (κ3) is 9.23. The van der Waals surface area contributed by atoms with E-state index in [1.54, 1.807) is 55.6 Å². The Hall–Kier alpha value is -4.17. The highest BCUT2D eigenvalue weighted by molar-refractivity contribution is 5.96. The van der Waals surface area contributed by atoms with Crippen molar-refractivity contribution < 1.29 is 19.1 Å². The van der Waals surface area contributed by atoms with Gasteiger partial charge >= 0.3 is 0 Å². The van der Waals surface area contributed by atoms with E-state index < -0.39 is 0 Å². The zero-order chi connectivity index (χ0) is 25.6. The predicted octanol–water partition coefficient (Wildman–Crippen LogP) is 4.07. The molecule has 0 bridgehead atoms. The monoisotopic (exact) mass is 488 g/mol. The lowest BCUT2D eigenvalue weighted by atomic mass is 10.1. The minimum atomic E-state index is -0.218. The van der Waals surface area contributed by atoms with E-state index in [9.17, 15) is 14.4 Å². The fourth-order valence-electron chi connectivity index (χ4n) is 3.41. The molecule has 0 fully saturated rings. The maximum atomic E-state index is 12.3.